The number of rotatable bonds is 5. The van der Waals surface area contributed by atoms with Crippen molar-refractivity contribution >= 4 is 28.8 Å². The first kappa shape index (κ1) is 19.8. The van der Waals surface area contributed by atoms with Gasteiger partial charge in [0, 0.05) is 49.4 Å². The van der Waals surface area contributed by atoms with E-state index in [-0.39, 0.29) is 11.8 Å². The second kappa shape index (κ2) is 8.86. The first-order chi connectivity index (χ1) is 14.6. The molecule has 154 valence electrons. The van der Waals surface area contributed by atoms with Crippen molar-refractivity contribution in [3.8, 4) is 5.75 Å². The van der Waals surface area contributed by atoms with Crippen molar-refractivity contribution < 1.29 is 14.3 Å². The molecule has 4 rings (SSSR count). The number of ether oxygens (including phenoxy) is 1. The molecule has 6 heteroatoms. The summed E-state index contributed by atoms with van der Waals surface area (Å²) >= 11 is 0. The summed E-state index contributed by atoms with van der Waals surface area (Å²) in [4.78, 5) is 32.1. The van der Waals surface area contributed by atoms with E-state index in [1.165, 1.54) is 0 Å². The zero-order valence-electron chi connectivity index (χ0n) is 17.0. The number of nitrogens with zero attached hydrogens (tertiary/aromatic N) is 2. The number of methoxy groups -OCH3 is 1. The number of benzene rings is 2. The highest BCUT2D eigenvalue weighted by atomic mass is 16.5. The van der Waals surface area contributed by atoms with Crippen LogP contribution in [0.3, 0.4) is 0 Å². The van der Waals surface area contributed by atoms with Crippen molar-refractivity contribution in [1.82, 2.24) is 14.8 Å². The Morgan fingerprint density at radius 2 is 1.80 bits per heavy atom. The van der Waals surface area contributed by atoms with Gasteiger partial charge in [-0.05, 0) is 35.4 Å². The van der Waals surface area contributed by atoms with Gasteiger partial charge in [-0.25, -0.2) is 0 Å². The fourth-order valence-electron chi connectivity index (χ4n) is 3.75. The third-order valence-electron chi connectivity index (χ3n) is 5.47. The van der Waals surface area contributed by atoms with Crippen molar-refractivity contribution in [2.45, 2.75) is 6.42 Å². The molecular weight excluding hydrogens is 378 g/mol. The molecule has 3 aromatic rings. The van der Waals surface area contributed by atoms with Crippen LogP contribution in [0, 0.1) is 0 Å². The highest BCUT2D eigenvalue weighted by molar-refractivity contribution is 5.92. The van der Waals surface area contributed by atoms with Crippen molar-refractivity contribution in [1.29, 1.82) is 0 Å². The maximum absolute atomic E-state index is 12.7. The number of fused-ring (bicyclic) bond motifs is 1. The average Bonchev–Trinajstić information content (AvgIpc) is 3.20. The highest BCUT2D eigenvalue weighted by Gasteiger charge is 2.23. The van der Waals surface area contributed by atoms with Crippen molar-refractivity contribution in [2.24, 2.45) is 0 Å². The minimum atomic E-state index is -0.0402. The lowest BCUT2D eigenvalue weighted by Gasteiger charge is -2.34. The summed E-state index contributed by atoms with van der Waals surface area (Å²) in [5.41, 5.74) is 2.96. The van der Waals surface area contributed by atoms with E-state index in [1.54, 1.807) is 24.2 Å². The zero-order valence-corrected chi connectivity index (χ0v) is 17.0. The van der Waals surface area contributed by atoms with Crippen molar-refractivity contribution in [2.75, 3.05) is 33.3 Å². The van der Waals surface area contributed by atoms with Gasteiger partial charge in [-0.15, -0.1) is 0 Å². The van der Waals surface area contributed by atoms with Gasteiger partial charge in [-0.2, -0.15) is 0 Å². The Balaban J connectivity index is 1.31. The molecule has 1 aromatic heterocycles. The average molecular weight is 403 g/mol. The summed E-state index contributed by atoms with van der Waals surface area (Å²) in [5.74, 6) is 0.812. The van der Waals surface area contributed by atoms with Gasteiger partial charge in [0.1, 0.15) is 5.75 Å². The Morgan fingerprint density at radius 3 is 2.60 bits per heavy atom. The van der Waals surface area contributed by atoms with Gasteiger partial charge < -0.3 is 19.5 Å². The van der Waals surface area contributed by atoms with Crippen LogP contribution in [0.4, 0.5) is 0 Å². The number of hydrogen-bond acceptors (Lipinski definition) is 3. The Kier molecular flexibility index (Phi) is 5.84. The number of aromatic nitrogens is 1. The normalized spacial score (nSPS) is 14.4. The number of amides is 2. The number of carbonyl (C=O) groups is 2. The largest absolute Gasteiger partial charge is 0.497 e. The summed E-state index contributed by atoms with van der Waals surface area (Å²) in [6, 6.07) is 15.6. The Bertz CT molecular complexity index is 1080. The Labute approximate surface area is 175 Å². The predicted octanol–water partition coefficient (Wildman–Crippen LogP) is 3.10. The second-order valence-corrected chi connectivity index (χ2v) is 7.35. The first-order valence-electron chi connectivity index (χ1n) is 10.1. The quantitative estimate of drug-likeness (QED) is 0.666. The zero-order chi connectivity index (χ0) is 20.9. The fraction of sp³-hybridized carbons (Fsp3) is 0.250. The summed E-state index contributed by atoms with van der Waals surface area (Å²) in [6.45, 7) is 2.20. The second-order valence-electron chi connectivity index (χ2n) is 7.35. The molecule has 0 bridgehead atoms. The number of aromatic amines is 1. The Morgan fingerprint density at radius 1 is 1.03 bits per heavy atom. The number of piperazine rings is 1. The van der Waals surface area contributed by atoms with E-state index in [0.29, 0.717) is 32.6 Å². The molecule has 30 heavy (non-hydrogen) atoms. The van der Waals surface area contributed by atoms with Crippen LogP contribution in [0.2, 0.25) is 0 Å². The van der Waals surface area contributed by atoms with Gasteiger partial charge in [0.25, 0.3) is 0 Å². The topological polar surface area (TPSA) is 65.6 Å². The summed E-state index contributed by atoms with van der Waals surface area (Å²) < 4.78 is 5.20. The standard InChI is InChI=1S/C24H25N3O3/c1-30-20-6-4-5-18(15-20)9-10-23(28)26-11-13-27(14-12-26)24(29)16-19-17-25-22-8-3-2-7-21(19)22/h2-10,15,17,25H,11-14,16H2,1H3/b10-9+. The van der Waals surface area contributed by atoms with E-state index in [9.17, 15) is 9.59 Å². The van der Waals surface area contributed by atoms with E-state index in [0.717, 1.165) is 27.8 Å². The molecule has 2 aromatic carbocycles. The lowest BCUT2D eigenvalue weighted by atomic mass is 10.1. The summed E-state index contributed by atoms with van der Waals surface area (Å²) in [7, 11) is 1.62. The molecule has 2 heterocycles. The Hall–Kier alpha value is -3.54. The molecule has 6 nitrogen and oxygen atoms in total. The van der Waals surface area contributed by atoms with Crippen LogP contribution in [0.5, 0.6) is 5.75 Å². The minimum absolute atomic E-state index is 0.0402. The predicted molar refractivity (Wildman–Crippen MR) is 117 cm³/mol. The van der Waals surface area contributed by atoms with Crippen LogP contribution < -0.4 is 4.74 Å². The van der Waals surface area contributed by atoms with E-state index < -0.39 is 0 Å². The van der Waals surface area contributed by atoms with Gasteiger partial charge >= 0.3 is 0 Å². The molecule has 1 aliphatic rings. The van der Waals surface area contributed by atoms with E-state index >= 15 is 0 Å². The van der Waals surface area contributed by atoms with Gasteiger partial charge in [0.2, 0.25) is 11.8 Å². The molecular formula is C24H25N3O3. The van der Waals surface area contributed by atoms with Gasteiger partial charge in [0.05, 0.1) is 13.5 Å². The maximum atomic E-state index is 12.7. The molecule has 0 atom stereocenters. The SMILES string of the molecule is COc1cccc(/C=C/C(=O)N2CCN(C(=O)Cc3c[nH]c4ccccc34)CC2)c1. The number of para-hydroxylation sites is 1. The smallest absolute Gasteiger partial charge is 0.246 e. The van der Waals surface area contributed by atoms with E-state index in [4.69, 9.17) is 4.74 Å². The number of hydrogen-bond donors (Lipinski definition) is 1. The van der Waals surface area contributed by atoms with Gasteiger partial charge in [-0.1, -0.05) is 30.3 Å². The molecule has 1 fully saturated rings. The van der Waals surface area contributed by atoms with E-state index in [2.05, 4.69) is 4.98 Å². The third kappa shape index (κ3) is 4.38. The van der Waals surface area contributed by atoms with Crippen LogP contribution in [0.15, 0.2) is 60.8 Å². The van der Waals surface area contributed by atoms with E-state index in [1.807, 2.05) is 59.6 Å². The maximum Gasteiger partial charge on any atom is 0.246 e. The lowest BCUT2D eigenvalue weighted by Crippen LogP contribution is -2.50. The van der Waals surface area contributed by atoms with Crippen molar-refractivity contribution in [3.63, 3.8) is 0 Å². The van der Waals surface area contributed by atoms with Crippen LogP contribution in [0.1, 0.15) is 11.1 Å². The number of carbonyl (C=O) groups excluding carboxylic acids is 2. The molecule has 0 radical (unpaired) electrons. The van der Waals surface area contributed by atoms with Crippen LogP contribution in [-0.4, -0.2) is 59.9 Å². The number of nitrogens with one attached hydrogen (secondary N) is 1. The number of H-pyrrole nitrogens is 1. The molecule has 0 saturated carbocycles. The fourth-order valence-corrected chi connectivity index (χ4v) is 3.75. The molecule has 0 spiro atoms. The van der Waals surface area contributed by atoms with Gasteiger partial charge in [-0.3, -0.25) is 9.59 Å². The van der Waals surface area contributed by atoms with Crippen LogP contribution in [-0.2, 0) is 16.0 Å². The summed E-state index contributed by atoms with van der Waals surface area (Å²) in [5, 5.41) is 1.09. The molecule has 2 amide bonds. The summed E-state index contributed by atoms with van der Waals surface area (Å²) in [6.07, 6.45) is 5.65. The highest BCUT2D eigenvalue weighted by Crippen LogP contribution is 2.19. The first-order valence-corrected chi connectivity index (χ1v) is 10.1. The van der Waals surface area contributed by atoms with Crippen LogP contribution in [0.25, 0.3) is 17.0 Å². The molecule has 1 saturated heterocycles. The van der Waals surface area contributed by atoms with Gasteiger partial charge in [0.15, 0.2) is 0 Å². The minimum Gasteiger partial charge on any atom is -0.497 e. The molecule has 0 unspecified atom stereocenters. The monoisotopic (exact) mass is 403 g/mol. The third-order valence-corrected chi connectivity index (χ3v) is 5.47. The molecule has 0 aliphatic carbocycles. The molecule has 1 aliphatic heterocycles. The molecule has 1 N–H and O–H groups in total. The lowest BCUT2D eigenvalue weighted by molar-refractivity contribution is -0.136. The van der Waals surface area contributed by atoms with Crippen LogP contribution >= 0.6 is 0 Å². The van der Waals surface area contributed by atoms with Crippen molar-refractivity contribution in [3.05, 3.63) is 71.9 Å².